The smallest absolute Gasteiger partial charge is 0.355 e. The van der Waals surface area contributed by atoms with Gasteiger partial charge in [-0.05, 0) is 12.1 Å². The Hall–Kier alpha value is -2.28. The standard InChI is InChI=1S/C13H14N2O4S/c1-18-9-4-3-8(11(5-9)19-2)6-14-13-15-10(7-20-13)12(16)17/h3-5,7H,6H2,1-2H3,(H,14,15)(H,16,17). The van der Waals surface area contributed by atoms with E-state index in [4.69, 9.17) is 14.6 Å². The molecule has 0 saturated carbocycles. The zero-order valence-electron chi connectivity index (χ0n) is 11.0. The molecule has 2 aromatic rings. The Morgan fingerprint density at radius 2 is 2.20 bits per heavy atom. The Morgan fingerprint density at radius 3 is 2.80 bits per heavy atom. The summed E-state index contributed by atoms with van der Waals surface area (Å²) < 4.78 is 10.4. The van der Waals surface area contributed by atoms with E-state index in [-0.39, 0.29) is 5.69 Å². The van der Waals surface area contributed by atoms with Gasteiger partial charge >= 0.3 is 5.97 Å². The van der Waals surface area contributed by atoms with E-state index >= 15 is 0 Å². The summed E-state index contributed by atoms with van der Waals surface area (Å²) in [5.41, 5.74) is 0.972. The fourth-order valence-corrected chi connectivity index (χ4v) is 2.31. The molecule has 0 aliphatic heterocycles. The minimum atomic E-state index is -1.03. The molecule has 0 aliphatic rings. The van der Waals surface area contributed by atoms with Gasteiger partial charge in [-0.15, -0.1) is 11.3 Å². The Kier molecular flexibility index (Phi) is 4.41. The number of carboxylic acid groups (broad SMARTS) is 1. The van der Waals surface area contributed by atoms with Gasteiger partial charge in [0, 0.05) is 23.6 Å². The molecule has 0 bridgehead atoms. The van der Waals surface area contributed by atoms with Gasteiger partial charge in [0.25, 0.3) is 0 Å². The van der Waals surface area contributed by atoms with Gasteiger partial charge < -0.3 is 19.9 Å². The van der Waals surface area contributed by atoms with Crippen LogP contribution in [0.15, 0.2) is 23.6 Å². The van der Waals surface area contributed by atoms with Crippen LogP contribution in [0.4, 0.5) is 5.13 Å². The maximum Gasteiger partial charge on any atom is 0.355 e. The number of nitrogens with one attached hydrogen (secondary N) is 1. The molecule has 6 nitrogen and oxygen atoms in total. The van der Waals surface area contributed by atoms with Crippen LogP contribution in [0.2, 0.25) is 0 Å². The van der Waals surface area contributed by atoms with Crippen LogP contribution in [0.3, 0.4) is 0 Å². The molecule has 0 atom stereocenters. The molecule has 1 heterocycles. The minimum Gasteiger partial charge on any atom is -0.497 e. The molecule has 106 valence electrons. The van der Waals surface area contributed by atoms with E-state index in [9.17, 15) is 4.79 Å². The lowest BCUT2D eigenvalue weighted by molar-refractivity contribution is 0.0691. The van der Waals surface area contributed by atoms with Crippen LogP contribution in [0.5, 0.6) is 11.5 Å². The second-order valence-electron chi connectivity index (χ2n) is 3.87. The number of carbonyl (C=O) groups is 1. The summed E-state index contributed by atoms with van der Waals surface area (Å²) in [4.78, 5) is 14.7. The number of anilines is 1. The highest BCUT2D eigenvalue weighted by atomic mass is 32.1. The van der Waals surface area contributed by atoms with E-state index in [1.807, 2.05) is 12.1 Å². The molecule has 7 heteroatoms. The average molecular weight is 294 g/mol. The molecular weight excluding hydrogens is 280 g/mol. The van der Waals surface area contributed by atoms with Crippen molar-refractivity contribution >= 4 is 22.4 Å². The highest BCUT2D eigenvalue weighted by Crippen LogP contribution is 2.25. The number of hydrogen-bond donors (Lipinski definition) is 2. The minimum absolute atomic E-state index is 0.0409. The van der Waals surface area contributed by atoms with Crippen molar-refractivity contribution in [3.05, 3.63) is 34.8 Å². The maximum absolute atomic E-state index is 10.7. The van der Waals surface area contributed by atoms with E-state index in [0.717, 1.165) is 5.56 Å². The van der Waals surface area contributed by atoms with Crippen molar-refractivity contribution in [2.24, 2.45) is 0 Å². The molecule has 0 fully saturated rings. The Morgan fingerprint density at radius 1 is 1.40 bits per heavy atom. The molecule has 2 rings (SSSR count). The van der Waals surface area contributed by atoms with Gasteiger partial charge in [-0.3, -0.25) is 0 Å². The molecule has 20 heavy (non-hydrogen) atoms. The van der Waals surface area contributed by atoms with Gasteiger partial charge in [-0.1, -0.05) is 0 Å². The average Bonchev–Trinajstić information content (AvgIpc) is 2.94. The molecule has 0 saturated heterocycles. The predicted molar refractivity (Wildman–Crippen MR) is 75.9 cm³/mol. The first-order chi connectivity index (χ1) is 9.63. The third kappa shape index (κ3) is 3.18. The van der Waals surface area contributed by atoms with E-state index in [1.165, 1.54) is 16.7 Å². The maximum atomic E-state index is 10.7. The van der Waals surface area contributed by atoms with Crippen molar-refractivity contribution in [3.63, 3.8) is 0 Å². The number of aromatic nitrogens is 1. The molecule has 0 radical (unpaired) electrons. The largest absolute Gasteiger partial charge is 0.497 e. The normalized spacial score (nSPS) is 10.1. The predicted octanol–water partition coefficient (Wildman–Crippen LogP) is 2.47. The van der Waals surface area contributed by atoms with E-state index in [0.29, 0.717) is 23.2 Å². The highest BCUT2D eigenvalue weighted by Gasteiger charge is 2.09. The van der Waals surface area contributed by atoms with Crippen LogP contribution in [-0.4, -0.2) is 30.3 Å². The van der Waals surface area contributed by atoms with Crippen LogP contribution in [0.1, 0.15) is 16.1 Å². The lowest BCUT2D eigenvalue weighted by atomic mass is 10.2. The molecule has 0 aliphatic carbocycles. The number of thiazole rings is 1. The summed E-state index contributed by atoms with van der Waals surface area (Å²) >= 11 is 1.25. The second-order valence-corrected chi connectivity index (χ2v) is 4.73. The number of aromatic carboxylic acids is 1. The second kappa shape index (κ2) is 6.25. The first kappa shape index (κ1) is 14.1. The lowest BCUT2D eigenvalue weighted by Crippen LogP contribution is -2.03. The lowest BCUT2D eigenvalue weighted by Gasteiger charge is -2.10. The molecule has 1 aromatic heterocycles. The SMILES string of the molecule is COc1ccc(CNc2nc(C(=O)O)cs2)c(OC)c1. The highest BCUT2D eigenvalue weighted by molar-refractivity contribution is 7.13. The summed E-state index contributed by atoms with van der Waals surface area (Å²) in [6, 6.07) is 5.52. The fraction of sp³-hybridized carbons (Fsp3) is 0.231. The zero-order chi connectivity index (χ0) is 14.5. The number of ether oxygens (including phenoxy) is 2. The number of methoxy groups -OCH3 is 2. The van der Waals surface area contributed by atoms with E-state index in [1.54, 1.807) is 20.3 Å². The van der Waals surface area contributed by atoms with Crippen LogP contribution >= 0.6 is 11.3 Å². The monoisotopic (exact) mass is 294 g/mol. The molecule has 2 N–H and O–H groups in total. The van der Waals surface area contributed by atoms with Crippen molar-refractivity contribution in [1.29, 1.82) is 0 Å². The molecule has 0 spiro atoms. The third-order valence-electron chi connectivity index (χ3n) is 2.65. The zero-order valence-corrected chi connectivity index (χ0v) is 11.9. The summed E-state index contributed by atoms with van der Waals surface area (Å²) in [6.07, 6.45) is 0. The molecule has 1 aromatic carbocycles. The van der Waals surface area contributed by atoms with E-state index in [2.05, 4.69) is 10.3 Å². The third-order valence-corrected chi connectivity index (χ3v) is 3.45. The molecule has 0 unspecified atom stereocenters. The first-order valence-corrected chi connectivity index (χ1v) is 6.65. The van der Waals surface area contributed by atoms with Gasteiger partial charge in [0.05, 0.1) is 14.2 Å². The van der Waals surface area contributed by atoms with Crippen LogP contribution < -0.4 is 14.8 Å². The Bertz CT molecular complexity index is 612. The van der Waals surface area contributed by atoms with Crippen molar-refractivity contribution in [2.45, 2.75) is 6.54 Å². The number of carboxylic acids is 1. The molecule has 0 amide bonds. The number of nitrogens with zero attached hydrogens (tertiary/aromatic N) is 1. The Labute approximate surface area is 120 Å². The summed E-state index contributed by atoms with van der Waals surface area (Å²) in [7, 11) is 3.18. The number of hydrogen-bond acceptors (Lipinski definition) is 6. The first-order valence-electron chi connectivity index (χ1n) is 5.77. The van der Waals surface area contributed by atoms with Gasteiger partial charge in [0.1, 0.15) is 11.5 Å². The van der Waals surface area contributed by atoms with Crippen molar-refractivity contribution in [2.75, 3.05) is 19.5 Å². The summed E-state index contributed by atoms with van der Waals surface area (Å²) in [5, 5.41) is 13.9. The van der Waals surface area contributed by atoms with Crippen molar-refractivity contribution < 1.29 is 19.4 Å². The fourth-order valence-electron chi connectivity index (χ4n) is 1.62. The topological polar surface area (TPSA) is 80.7 Å². The number of rotatable bonds is 6. The van der Waals surface area contributed by atoms with Gasteiger partial charge in [0.15, 0.2) is 10.8 Å². The summed E-state index contributed by atoms with van der Waals surface area (Å²) in [5.74, 6) is 0.385. The Balaban J connectivity index is 2.07. The van der Waals surface area contributed by atoms with Gasteiger partial charge in [-0.2, -0.15) is 0 Å². The van der Waals surface area contributed by atoms with Crippen LogP contribution in [0, 0.1) is 0 Å². The number of benzene rings is 1. The quantitative estimate of drug-likeness (QED) is 0.852. The van der Waals surface area contributed by atoms with Crippen LogP contribution in [-0.2, 0) is 6.54 Å². The van der Waals surface area contributed by atoms with E-state index < -0.39 is 5.97 Å². The van der Waals surface area contributed by atoms with Gasteiger partial charge in [0.2, 0.25) is 0 Å². The summed E-state index contributed by atoms with van der Waals surface area (Å²) in [6.45, 7) is 0.486. The molecular formula is C13H14N2O4S. The van der Waals surface area contributed by atoms with Crippen LogP contribution in [0.25, 0.3) is 0 Å². The van der Waals surface area contributed by atoms with Crippen molar-refractivity contribution in [3.8, 4) is 11.5 Å². The van der Waals surface area contributed by atoms with Gasteiger partial charge in [-0.25, -0.2) is 9.78 Å². The van der Waals surface area contributed by atoms with Crippen molar-refractivity contribution in [1.82, 2.24) is 4.98 Å².